The van der Waals surface area contributed by atoms with Gasteiger partial charge in [0.15, 0.2) is 0 Å². The van der Waals surface area contributed by atoms with Gasteiger partial charge in [-0.2, -0.15) is 0 Å². The minimum atomic E-state index is -3.54. The molecule has 14 nitrogen and oxygen atoms in total. The first-order valence-electron chi connectivity index (χ1n) is 19.0. The fraction of sp³-hybridized carbons (Fsp3) is 0.707. The number of halogens is 1. The molecule has 1 aromatic rings. The second-order valence-corrected chi connectivity index (χ2v) is 23.5. The monoisotopic (exact) mass is 898 g/mol. The number of benzene rings is 1. The number of ether oxygens (including phenoxy) is 4. The normalized spacial score (nSPS) is 26.4. The molecule has 1 aromatic carbocycles. The average Bonchev–Trinajstić information content (AvgIpc) is 2.85. The summed E-state index contributed by atoms with van der Waals surface area (Å²) in [5.41, 5.74) is -4.83. The van der Waals surface area contributed by atoms with Gasteiger partial charge in [-0.25, -0.2) is 0 Å². The first-order chi connectivity index (χ1) is 25.2. The fourth-order valence-electron chi connectivity index (χ4n) is 8.32. The Hall–Kier alpha value is -3.63. The van der Waals surface area contributed by atoms with E-state index in [1.165, 1.54) is 0 Å². The Kier molecular flexibility index (Phi) is 10.7. The second kappa shape index (κ2) is 13.7. The summed E-state index contributed by atoms with van der Waals surface area (Å²) in [5, 5.41) is 0. The van der Waals surface area contributed by atoms with Crippen LogP contribution >= 0.6 is 20.6 Å². The maximum absolute atomic E-state index is 14.1. The number of hydrogen-bond acceptors (Lipinski definition) is 12. The Morgan fingerprint density at radius 3 is 0.982 bits per heavy atom. The van der Waals surface area contributed by atoms with Gasteiger partial charge in [0, 0.05) is 0 Å². The molecule has 0 aliphatic heterocycles. The molecule has 0 aromatic heterocycles. The zero-order chi connectivity index (χ0) is 42.4. The third kappa shape index (κ3) is 8.47. The Morgan fingerprint density at radius 2 is 0.750 bits per heavy atom. The van der Waals surface area contributed by atoms with Crippen LogP contribution in [0.4, 0.5) is 19.2 Å². The SMILES string of the molecule is Cc1cc(C)c(I(OC(=O)C23CC(N(C(=O)OC(C)(C)C)C(=O)OC(C)(C)C)(C2)C3)OC(=O)C23CC(N(C(=O)OC(C)(C)C)C(=O)OC(C)(C)C)(C2)C3)c(C)c1. The van der Waals surface area contributed by atoms with E-state index in [0.717, 1.165) is 26.5 Å². The van der Waals surface area contributed by atoms with E-state index >= 15 is 0 Å². The molecule has 0 unspecified atom stereocenters. The van der Waals surface area contributed by atoms with Crippen LogP contribution in [0, 0.1) is 35.2 Å². The van der Waals surface area contributed by atoms with Crippen molar-refractivity contribution in [2.45, 2.75) is 176 Å². The van der Waals surface area contributed by atoms with E-state index in [4.69, 9.17) is 25.1 Å². The van der Waals surface area contributed by atoms with E-state index in [1.807, 2.05) is 32.9 Å². The second-order valence-electron chi connectivity index (χ2n) is 20.3. The van der Waals surface area contributed by atoms with Crippen molar-refractivity contribution in [2.75, 3.05) is 0 Å². The van der Waals surface area contributed by atoms with Crippen molar-refractivity contribution in [3.63, 3.8) is 0 Å². The summed E-state index contributed by atoms with van der Waals surface area (Å²) in [6, 6.07) is 3.89. The average molecular weight is 899 g/mol. The van der Waals surface area contributed by atoms with E-state index in [-0.39, 0.29) is 38.5 Å². The van der Waals surface area contributed by atoms with Gasteiger partial charge < -0.3 is 0 Å². The molecule has 312 valence electrons. The zero-order valence-corrected chi connectivity index (χ0v) is 37.7. The maximum atomic E-state index is 14.1. The van der Waals surface area contributed by atoms with Gasteiger partial charge in [0.25, 0.3) is 0 Å². The molecule has 6 saturated carbocycles. The molecule has 6 aliphatic rings. The van der Waals surface area contributed by atoms with Crippen LogP contribution < -0.4 is 0 Å². The molecule has 0 radical (unpaired) electrons. The van der Waals surface area contributed by atoms with Gasteiger partial charge in [0.2, 0.25) is 0 Å². The molecule has 4 amide bonds. The molecule has 56 heavy (non-hydrogen) atoms. The van der Waals surface area contributed by atoms with Crippen molar-refractivity contribution in [3.8, 4) is 0 Å². The van der Waals surface area contributed by atoms with Crippen molar-refractivity contribution in [1.29, 1.82) is 0 Å². The van der Waals surface area contributed by atoms with Crippen LogP contribution in [-0.4, -0.2) is 79.6 Å². The summed E-state index contributed by atoms with van der Waals surface area (Å²) in [6.45, 7) is 26.1. The van der Waals surface area contributed by atoms with Crippen molar-refractivity contribution >= 4 is 57.0 Å². The van der Waals surface area contributed by atoms with Crippen molar-refractivity contribution in [2.24, 2.45) is 10.8 Å². The first kappa shape index (κ1) is 43.5. The van der Waals surface area contributed by atoms with Crippen molar-refractivity contribution in [3.05, 3.63) is 32.4 Å². The Bertz CT molecular complexity index is 1620. The molecule has 15 heteroatoms. The molecule has 6 fully saturated rings. The number of rotatable bonds is 7. The van der Waals surface area contributed by atoms with Gasteiger partial charge in [0.1, 0.15) is 0 Å². The topological polar surface area (TPSA) is 164 Å². The molecule has 0 heterocycles. The summed E-state index contributed by atoms with van der Waals surface area (Å²) in [7, 11) is 0. The van der Waals surface area contributed by atoms with Crippen LogP contribution in [0.15, 0.2) is 12.1 Å². The van der Waals surface area contributed by atoms with E-state index < -0.39 is 101 Å². The molecule has 7 rings (SSSR count). The molecular formula is C41H59IN2O12. The van der Waals surface area contributed by atoms with E-state index in [9.17, 15) is 28.8 Å². The number of carbonyl (C=O) groups excluding carboxylic acids is 6. The number of nitrogens with zero attached hydrogens (tertiary/aromatic N) is 2. The van der Waals surface area contributed by atoms with Gasteiger partial charge in [-0.05, 0) is 0 Å². The first-order valence-corrected chi connectivity index (χ1v) is 21.8. The predicted molar refractivity (Wildman–Crippen MR) is 212 cm³/mol. The van der Waals surface area contributed by atoms with Crippen LogP contribution in [0.1, 0.15) is 138 Å². The van der Waals surface area contributed by atoms with Crippen molar-refractivity contribution in [1.82, 2.24) is 9.80 Å². The third-order valence-corrected chi connectivity index (χ3v) is 14.3. The van der Waals surface area contributed by atoms with E-state index in [1.54, 1.807) is 83.1 Å². The van der Waals surface area contributed by atoms with Crippen LogP contribution in [0.25, 0.3) is 0 Å². The third-order valence-electron chi connectivity index (χ3n) is 10.1. The van der Waals surface area contributed by atoms with Gasteiger partial charge in [-0.15, -0.1) is 0 Å². The molecule has 0 spiro atoms. The molecule has 0 saturated heterocycles. The fourth-order valence-corrected chi connectivity index (χ4v) is 12.2. The van der Waals surface area contributed by atoms with Gasteiger partial charge in [-0.1, -0.05) is 0 Å². The zero-order valence-electron chi connectivity index (χ0n) is 35.6. The standard InChI is InChI=1S/C41H59IN2O12/c1-24-16-25(2)27(26(3)17-24)42(55-28(45)38-18-40(19-38,20-38)43(30(47)51-34(4,5)6)31(48)52-35(7,8)9)56-29(46)39-21-41(22-39,23-39)44(32(49)53-36(10,11)12)33(50)54-37(13,14)15/h16-17H,18-23H2,1-15H3. The number of hydrogen-bond donors (Lipinski definition) is 0. The van der Waals surface area contributed by atoms with Crippen LogP contribution in [-0.2, 0) is 34.7 Å². The summed E-state index contributed by atoms with van der Waals surface area (Å²) in [4.78, 5) is 83.8. The molecule has 4 bridgehead atoms. The van der Waals surface area contributed by atoms with Crippen LogP contribution in [0.2, 0.25) is 0 Å². The predicted octanol–water partition coefficient (Wildman–Crippen LogP) is 9.39. The van der Waals surface area contributed by atoms with Gasteiger partial charge >= 0.3 is 340 Å². The van der Waals surface area contributed by atoms with E-state index in [0.29, 0.717) is 3.57 Å². The Labute approximate surface area is 338 Å². The van der Waals surface area contributed by atoms with Crippen molar-refractivity contribution < 1.29 is 53.8 Å². The Balaban J connectivity index is 1.35. The molecule has 0 N–H and O–H groups in total. The molecule has 6 aliphatic carbocycles. The molecular weight excluding hydrogens is 839 g/mol. The van der Waals surface area contributed by atoms with Crippen LogP contribution in [0.5, 0.6) is 0 Å². The quantitative estimate of drug-likeness (QED) is 0.188. The summed E-state index contributed by atoms with van der Waals surface area (Å²) in [6.07, 6.45) is -2.50. The number of imide groups is 2. The Morgan fingerprint density at radius 1 is 0.500 bits per heavy atom. The van der Waals surface area contributed by atoms with Gasteiger partial charge in [-0.3, -0.25) is 0 Å². The number of amides is 4. The summed E-state index contributed by atoms with van der Waals surface area (Å²) < 4.78 is 35.6. The van der Waals surface area contributed by atoms with Gasteiger partial charge in [0.05, 0.1) is 0 Å². The van der Waals surface area contributed by atoms with E-state index in [2.05, 4.69) is 0 Å². The number of aryl methyl sites for hydroxylation is 3. The summed E-state index contributed by atoms with van der Waals surface area (Å²) in [5.74, 6) is -1.11. The van der Waals surface area contributed by atoms with Crippen LogP contribution in [0.3, 0.4) is 0 Å². The minimum absolute atomic E-state index is 0.152. The summed E-state index contributed by atoms with van der Waals surface area (Å²) >= 11 is -3.54. The number of carbonyl (C=O) groups is 6. The molecule has 0 atom stereocenters.